The summed E-state index contributed by atoms with van der Waals surface area (Å²) in [6.45, 7) is 0.350. The molecule has 0 fully saturated rings. The third-order valence-corrected chi connectivity index (χ3v) is 3.54. The van der Waals surface area contributed by atoms with Crippen LogP contribution >= 0.6 is 0 Å². The van der Waals surface area contributed by atoms with Crippen molar-refractivity contribution in [2.24, 2.45) is 10.1 Å². The van der Waals surface area contributed by atoms with Crippen LogP contribution in [0.3, 0.4) is 0 Å². The van der Waals surface area contributed by atoms with Crippen molar-refractivity contribution in [2.45, 2.75) is 6.61 Å². The molecule has 4 rings (SSSR count). The lowest BCUT2D eigenvalue weighted by molar-refractivity contribution is 0.128. The lowest BCUT2D eigenvalue weighted by Gasteiger charge is -2.08. The van der Waals surface area contributed by atoms with Gasteiger partial charge in [-0.3, -0.25) is 4.98 Å². The molecule has 0 amide bonds. The van der Waals surface area contributed by atoms with Crippen LogP contribution in [-0.2, 0) is 11.4 Å². The first-order valence-corrected chi connectivity index (χ1v) is 7.09. The lowest BCUT2D eigenvalue weighted by atomic mass is 10.0. The van der Waals surface area contributed by atoms with Crippen molar-refractivity contribution in [1.82, 2.24) is 4.98 Å². The Hall–Kier alpha value is -3.01. The summed E-state index contributed by atoms with van der Waals surface area (Å²) >= 11 is 0. The highest BCUT2D eigenvalue weighted by molar-refractivity contribution is 6.30. The molecular formula is C18H13N3O. The van der Waals surface area contributed by atoms with Gasteiger partial charge in [0.1, 0.15) is 5.71 Å². The van der Waals surface area contributed by atoms with Crippen molar-refractivity contribution >= 4 is 11.3 Å². The van der Waals surface area contributed by atoms with Gasteiger partial charge in [-0.15, -0.1) is 0 Å². The molecule has 0 spiro atoms. The predicted molar refractivity (Wildman–Crippen MR) is 84.3 cm³/mol. The molecule has 0 atom stereocenters. The number of oxime groups is 1. The number of benzene rings is 1. The highest BCUT2D eigenvalue weighted by Crippen LogP contribution is 2.20. The summed E-state index contributed by atoms with van der Waals surface area (Å²) in [5.74, 6) is 0. The number of hydrogen-bond donors (Lipinski definition) is 0. The molecule has 2 aliphatic rings. The van der Waals surface area contributed by atoms with Gasteiger partial charge in [-0.2, -0.15) is 0 Å². The van der Waals surface area contributed by atoms with E-state index in [0.717, 1.165) is 33.3 Å². The Morgan fingerprint density at radius 2 is 1.95 bits per heavy atom. The quantitative estimate of drug-likeness (QED) is 0.809. The Morgan fingerprint density at radius 1 is 1.05 bits per heavy atom. The maximum absolute atomic E-state index is 5.47. The van der Waals surface area contributed by atoms with Crippen molar-refractivity contribution in [3.8, 4) is 0 Å². The fraction of sp³-hybridized carbons (Fsp3) is 0.0556. The number of nitrogens with zero attached hydrogens (tertiary/aromatic N) is 3. The molecule has 0 bridgehead atoms. The van der Waals surface area contributed by atoms with E-state index in [2.05, 4.69) is 21.2 Å². The fourth-order valence-corrected chi connectivity index (χ4v) is 2.54. The molecule has 4 heteroatoms. The van der Waals surface area contributed by atoms with E-state index in [1.54, 1.807) is 6.20 Å². The number of pyridine rings is 1. The van der Waals surface area contributed by atoms with Gasteiger partial charge in [-0.05, 0) is 30.4 Å². The summed E-state index contributed by atoms with van der Waals surface area (Å²) in [7, 11) is 0. The van der Waals surface area contributed by atoms with E-state index in [9.17, 15) is 0 Å². The minimum absolute atomic E-state index is 0.350. The fourth-order valence-electron chi connectivity index (χ4n) is 2.54. The second kappa shape index (κ2) is 5.41. The van der Waals surface area contributed by atoms with Crippen molar-refractivity contribution in [3.63, 3.8) is 0 Å². The molecule has 1 aromatic heterocycles. The highest BCUT2D eigenvalue weighted by atomic mass is 16.6. The molecule has 0 unspecified atom stereocenters. The van der Waals surface area contributed by atoms with Crippen LogP contribution in [0.15, 0.2) is 82.7 Å². The Morgan fingerprint density at radius 3 is 2.86 bits per heavy atom. The third kappa shape index (κ3) is 2.24. The summed E-state index contributed by atoms with van der Waals surface area (Å²) in [5.41, 5.74) is 3.61. The van der Waals surface area contributed by atoms with Crippen LogP contribution in [0.2, 0.25) is 0 Å². The zero-order chi connectivity index (χ0) is 14.8. The van der Waals surface area contributed by atoms with Gasteiger partial charge in [0.05, 0.1) is 16.7 Å². The number of fused-ring (bicyclic) bond motifs is 2. The summed E-state index contributed by atoms with van der Waals surface area (Å²) in [6, 6.07) is 13.8. The normalized spacial score (nSPS) is 16.8. The van der Waals surface area contributed by atoms with Gasteiger partial charge in [-0.1, -0.05) is 35.5 Å². The molecule has 0 N–H and O–H groups in total. The van der Waals surface area contributed by atoms with Crippen molar-refractivity contribution in [1.29, 1.82) is 0 Å². The van der Waals surface area contributed by atoms with Crippen LogP contribution in [0.4, 0.5) is 0 Å². The van der Waals surface area contributed by atoms with Gasteiger partial charge in [0.2, 0.25) is 0 Å². The van der Waals surface area contributed by atoms with E-state index in [1.807, 2.05) is 54.6 Å². The Kier molecular flexibility index (Phi) is 3.12. The van der Waals surface area contributed by atoms with Crippen LogP contribution in [0.1, 0.15) is 5.69 Å². The maximum Gasteiger partial charge on any atom is 0.159 e. The molecule has 1 aliphatic heterocycles. The van der Waals surface area contributed by atoms with Crippen LogP contribution in [0, 0.1) is 0 Å². The highest BCUT2D eigenvalue weighted by Gasteiger charge is 2.19. The first-order chi connectivity index (χ1) is 10.9. The maximum atomic E-state index is 5.47. The number of aromatic nitrogens is 1. The summed E-state index contributed by atoms with van der Waals surface area (Å²) in [4.78, 5) is 14.3. The van der Waals surface area contributed by atoms with E-state index in [4.69, 9.17) is 4.84 Å². The van der Waals surface area contributed by atoms with Gasteiger partial charge in [0.25, 0.3) is 0 Å². The van der Waals surface area contributed by atoms with Gasteiger partial charge < -0.3 is 4.84 Å². The molecule has 1 aliphatic carbocycles. The van der Waals surface area contributed by atoms with E-state index in [-0.39, 0.29) is 0 Å². The molecule has 0 saturated carbocycles. The van der Waals surface area contributed by atoms with Gasteiger partial charge in [0.15, 0.2) is 6.61 Å². The smallest absolute Gasteiger partial charge is 0.159 e. The molecule has 0 radical (unpaired) electrons. The second-order valence-electron chi connectivity index (χ2n) is 4.99. The van der Waals surface area contributed by atoms with Gasteiger partial charge in [-0.25, -0.2) is 4.99 Å². The average Bonchev–Trinajstić information content (AvgIpc) is 2.95. The van der Waals surface area contributed by atoms with Crippen LogP contribution in [0.5, 0.6) is 0 Å². The summed E-state index contributed by atoms with van der Waals surface area (Å²) < 4.78 is 0. The Bertz CT molecular complexity index is 924. The zero-order valence-corrected chi connectivity index (χ0v) is 11.8. The molecule has 2 heterocycles. The topological polar surface area (TPSA) is 46.8 Å². The van der Waals surface area contributed by atoms with Crippen molar-refractivity contribution in [2.75, 3.05) is 0 Å². The number of rotatable bonds is 3. The predicted octanol–water partition coefficient (Wildman–Crippen LogP) is 1.89. The summed E-state index contributed by atoms with van der Waals surface area (Å²) in [6.07, 6.45) is 7.62. The lowest BCUT2D eigenvalue weighted by Crippen LogP contribution is -2.24. The molecular weight excluding hydrogens is 274 g/mol. The van der Waals surface area contributed by atoms with Crippen LogP contribution in [0.25, 0.3) is 5.57 Å². The third-order valence-electron chi connectivity index (χ3n) is 3.54. The van der Waals surface area contributed by atoms with E-state index >= 15 is 0 Å². The van der Waals surface area contributed by atoms with Crippen LogP contribution < -0.4 is 10.6 Å². The second-order valence-corrected chi connectivity index (χ2v) is 4.99. The molecule has 106 valence electrons. The van der Waals surface area contributed by atoms with Crippen molar-refractivity contribution in [3.05, 3.63) is 88.9 Å². The molecule has 2 aromatic rings. The standard InChI is InChI=1S/C18H13N3O/c1-2-8-15-14(7-1)18-16(20-15)9-5-10-17(18)21-22-12-13-6-3-4-11-19-13/h1-11H,12H2. The molecule has 22 heavy (non-hydrogen) atoms. The SMILES string of the molecule is C1=CC(=NOCc2ccccn2)C2=c3ccccc3=NC2=C1. The monoisotopic (exact) mass is 287 g/mol. The van der Waals surface area contributed by atoms with E-state index in [0.29, 0.717) is 6.61 Å². The number of para-hydroxylation sites is 1. The first kappa shape index (κ1) is 12.7. The molecule has 0 saturated heterocycles. The van der Waals surface area contributed by atoms with Crippen molar-refractivity contribution < 1.29 is 4.84 Å². The largest absolute Gasteiger partial charge is 0.389 e. The van der Waals surface area contributed by atoms with E-state index in [1.165, 1.54) is 0 Å². The minimum atomic E-state index is 0.350. The Balaban J connectivity index is 1.66. The number of allylic oxidation sites excluding steroid dienone is 4. The minimum Gasteiger partial charge on any atom is -0.389 e. The van der Waals surface area contributed by atoms with Crippen LogP contribution in [-0.4, -0.2) is 10.7 Å². The summed E-state index contributed by atoms with van der Waals surface area (Å²) in [5, 5.41) is 6.34. The first-order valence-electron chi connectivity index (χ1n) is 7.09. The molecule has 1 aromatic carbocycles. The van der Waals surface area contributed by atoms with Gasteiger partial charge in [0, 0.05) is 17.0 Å². The molecule has 4 nitrogen and oxygen atoms in total. The Labute approximate surface area is 127 Å². The number of hydrogen-bond acceptors (Lipinski definition) is 4. The zero-order valence-electron chi connectivity index (χ0n) is 11.8. The van der Waals surface area contributed by atoms with Gasteiger partial charge >= 0.3 is 0 Å². The average molecular weight is 287 g/mol. The van der Waals surface area contributed by atoms with E-state index < -0.39 is 0 Å².